The standard InChI is InChI=1S/C15H20N2O2/c1-11-17-14-6-5-13(10-15(14)19-11)18-9-7-12-4-2-3-8-16-12/h5-6,10,12,16H,2-4,7-9H2,1H3. The number of oxazole rings is 1. The summed E-state index contributed by atoms with van der Waals surface area (Å²) < 4.78 is 11.3. The molecule has 4 nitrogen and oxygen atoms in total. The Hall–Kier alpha value is -1.55. The first-order chi connectivity index (χ1) is 9.31. The number of ether oxygens (including phenoxy) is 1. The van der Waals surface area contributed by atoms with Crippen molar-refractivity contribution >= 4 is 11.1 Å². The fourth-order valence-electron chi connectivity index (χ4n) is 2.60. The van der Waals surface area contributed by atoms with Gasteiger partial charge in [0.2, 0.25) is 0 Å². The Kier molecular flexibility index (Phi) is 3.69. The molecule has 1 saturated heterocycles. The van der Waals surface area contributed by atoms with Crippen LogP contribution in [0.25, 0.3) is 11.1 Å². The summed E-state index contributed by atoms with van der Waals surface area (Å²) in [7, 11) is 0. The van der Waals surface area contributed by atoms with Crippen molar-refractivity contribution in [3.63, 3.8) is 0 Å². The zero-order valence-corrected chi connectivity index (χ0v) is 11.3. The molecule has 2 heterocycles. The quantitative estimate of drug-likeness (QED) is 0.917. The molecule has 0 radical (unpaired) electrons. The largest absolute Gasteiger partial charge is 0.493 e. The number of aromatic nitrogens is 1. The van der Waals surface area contributed by atoms with Crippen LogP contribution < -0.4 is 10.1 Å². The van der Waals surface area contributed by atoms with Crippen molar-refractivity contribution in [2.24, 2.45) is 0 Å². The fourth-order valence-corrected chi connectivity index (χ4v) is 2.60. The van der Waals surface area contributed by atoms with Gasteiger partial charge >= 0.3 is 0 Å². The highest BCUT2D eigenvalue weighted by molar-refractivity contribution is 5.74. The van der Waals surface area contributed by atoms with E-state index in [2.05, 4.69) is 10.3 Å². The van der Waals surface area contributed by atoms with Crippen molar-refractivity contribution in [3.05, 3.63) is 24.1 Å². The summed E-state index contributed by atoms with van der Waals surface area (Å²) in [5.74, 6) is 1.55. The van der Waals surface area contributed by atoms with Gasteiger partial charge in [-0.2, -0.15) is 0 Å². The number of piperidine rings is 1. The van der Waals surface area contributed by atoms with Crippen molar-refractivity contribution < 1.29 is 9.15 Å². The minimum atomic E-state index is 0.616. The molecule has 3 rings (SSSR count). The zero-order valence-electron chi connectivity index (χ0n) is 11.3. The minimum Gasteiger partial charge on any atom is -0.493 e. The second-order valence-electron chi connectivity index (χ2n) is 5.15. The summed E-state index contributed by atoms with van der Waals surface area (Å²) in [5, 5.41) is 3.53. The molecule has 1 aromatic heterocycles. The molecule has 1 aliphatic heterocycles. The molecule has 4 heteroatoms. The second-order valence-corrected chi connectivity index (χ2v) is 5.15. The number of nitrogens with zero attached hydrogens (tertiary/aromatic N) is 1. The fraction of sp³-hybridized carbons (Fsp3) is 0.533. The molecule has 0 bridgehead atoms. The summed E-state index contributed by atoms with van der Waals surface area (Å²) >= 11 is 0. The Balaban J connectivity index is 1.55. The molecule has 1 N–H and O–H groups in total. The van der Waals surface area contributed by atoms with Crippen LogP contribution in [-0.2, 0) is 0 Å². The SMILES string of the molecule is Cc1nc2ccc(OCCC3CCCCN3)cc2o1. The first-order valence-electron chi connectivity index (χ1n) is 7.05. The topological polar surface area (TPSA) is 47.3 Å². The maximum atomic E-state index is 5.80. The molecule has 0 saturated carbocycles. The molecule has 1 fully saturated rings. The lowest BCUT2D eigenvalue weighted by molar-refractivity contribution is 0.268. The van der Waals surface area contributed by atoms with Gasteiger partial charge < -0.3 is 14.5 Å². The highest BCUT2D eigenvalue weighted by Gasteiger charge is 2.12. The summed E-state index contributed by atoms with van der Waals surface area (Å²) in [6, 6.07) is 6.44. The Morgan fingerprint density at radius 2 is 2.37 bits per heavy atom. The van der Waals surface area contributed by atoms with E-state index in [9.17, 15) is 0 Å². The molecule has 102 valence electrons. The van der Waals surface area contributed by atoms with Crippen LogP contribution in [0, 0.1) is 6.92 Å². The van der Waals surface area contributed by atoms with Gasteiger partial charge in [-0.05, 0) is 37.9 Å². The van der Waals surface area contributed by atoms with Gasteiger partial charge in [0.25, 0.3) is 0 Å². The van der Waals surface area contributed by atoms with Crippen molar-refractivity contribution in [3.8, 4) is 5.75 Å². The van der Waals surface area contributed by atoms with Crippen molar-refractivity contribution in [2.45, 2.75) is 38.6 Å². The maximum absolute atomic E-state index is 5.80. The molecular weight excluding hydrogens is 240 g/mol. The molecule has 1 aromatic carbocycles. The van der Waals surface area contributed by atoms with Gasteiger partial charge in [0.1, 0.15) is 11.3 Å². The van der Waals surface area contributed by atoms with Gasteiger partial charge in [-0.15, -0.1) is 0 Å². The normalized spacial score (nSPS) is 19.7. The average Bonchev–Trinajstić information content (AvgIpc) is 2.79. The molecular formula is C15H20N2O2. The summed E-state index contributed by atoms with van der Waals surface area (Å²) in [5.41, 5.74) is 1.68. The smallest absolute Gasteiger partial charge is 0.192 e. The van der Waals surface area contributed by atoms with Crippen LogP contribution in [0.1, 0.15) is 31.6 Å². The molecule has 0 spiro atoms. The van der Waals surface area contributed by atoms with Gasteiger partial charge in [0.05, 0.1) is 6.61 Å². The number of aryl methyl sites for hydroxylation is 1. The summed E-state index contributed by atoms with van der Waals surface area (Å²) in [6.07, 6.45) is 4.97. The Bertz CT molecular complexity index is 544. The molecule has 0 amide bonds. The molecule has 2 aromatic rings. The second kappa shape index (κ2) is 5.61. The molecule has 1 atom stereocenters. The third kappa shape index (κ3) is 3.07. The lowest BCUT2D eigenvalue weighted by Gasteiger charge is -2.23. The van der Waals surface area contributed by atoms with E-state index >= 15 is 0 Å². The van der Waals surface area contributed by atoms with E-state index in [1.807, 2.05) is 25.1 Å². The van der Waals surface area contributed by atoms with Crippen LogP contribution in [0.2, 0.25) is 0 Å². The molecule has 19 heavy (non-hydrogen) atoms. The first kappa shape index (κ1) is 12.5. The molecule has 0 aliphatic carbocycles. The number of nitrogens with one attached hydrogen (secondary N) is 1. The predicted molar refractivity (Wildman–Crippen MR) is 74.5 cm³/mol. The Labute approximate surface area is 113 Å². The molecule has 1 aliphatic rings. The van der Waals surface area contributed by atoms with Gasteiger partial charge in [-0.1, -0.05) is 6.42 Å². The molecule has 1 unspecified atom stereocenters. The number of hydrogen-bond acceptors (Lipinski definition) is 4. The van der Waals surface area contributed by atoms with Crippen molar-refractivity contribution in [1.29, 1.82) is 0 Å². The number of fused-ring (bicyclic) bond motifs is 1. The minimum absolute atomic E-state index is 0.616. The highest BCUT2D eigenvalue weighted by Crippen LogP contribution is 2.21. The van der Waals surface area contributed by atoms with Crippen LogP contribution >= 0.6 is 0 Å². The van der Waals surface area contributed by atoms with E-state index in [1.165, 1.54) is 19.3 Å². The number of hydrogen-bond donors (Lipinski definition) is 1. The van der Waals surface area contributed by atoms with E-state index in [4.69, 9.17) is 9.15 Å². The third-order valence-corrected chi connectivity index (χ3v) is 3.61. The van der Waals surface area contributed by atoms with Crippen LogP contribution in [0.5, 0.6) is 5.75 Å². The monoisotopic (exact) mass is 260 g/mol. The average molecular weight is 260 g/mol. The van der Waals surface area contributed by atoms with Gasteiger partial charge in [0.15, 0.2) is 11.5 Å². The van der Waals surface area contributed by atoms with Gasteiger partial charge in [0, 0.05) is 19.0 Å². The summed E-state index contributed by atoms with van der Waals surface area (Å²) in [4.78, 5) is 4.28. The first-order valence-corrected chi connectivity index (χ1v) is 7.05. The summed E-state index contributed by atoms with van der Waals surface area (Å²) in [6.45, 7) is 3.75. The van der Waals surface area contributed by atoms with Crippen LogP contribution in [0.4, 0.5) is 0 Å². The van der Waals surface area contributed by atoms with Gasteiger partial charge in [-0.25, -0.2) is 4.98 Å². The van der Waals surface area contributed by atoms with Crippen molar-refractivity contribution in [2.75, 3.05) is 13.2 Å². The van der Waals surface area contributed by atoms with E-state index < -0.39 is 0 Å². The lowest BCUT2D eigenvalue weighted by Crippen LogP contribution is -2.35. The lowest BCUT2D eigenvalue weighted by atomic mass is 10.0. The number of benzene rings is 1. The Morgan fingerprint density at radius 3 is 3.21 bits per heavy atom. The van der Waals surface area contributed by atoms with Crippen LogP contribution in [0.3, 0.4) is 0 Å². The van der Waals surface area contributed by atoms with Crippen LogP contribution in [-0.4, -0.2) is 24.2 Å². The number of rotatable bonds is 4. The third-order valence-electron chi connectivity index (χ3n) is 3.61. The van der Waals surface area contributed by atoms with E-state index in [0.29, 0.717) is 11.9 Å². The van der Waals surface area contributed by atoms with E-state index in [0.717, 1.165) is 36.4 Å². The van der Waals surface area contributed by atoms with E-state index in [1.54, 1.807) is 0 Å². The zero-order chi connectivity index (χ0) is 13.1. The van der Waals surface area contributed by atoms with E-state index in [-0.39, 0.29) is 0 Å². The van der Waals surface area contributed by atoms with Crippen molar-refractivity contribution in [1.82, 2.24) is 10.3 Å². The van der Waals surface area contributed by atoms with Crippen LogP contribution in [0.15, 0.2) is 22.6 Å². The maximum Gasteiger partial charge on any atom is 0.192 e. The predicted octanol–water partition coefficient (Wildman–Crippen LogP) is 3.05. The van der Waals surface area contributed by atoms with Gasteiger partial charge in [-0.3, -0.25) is 0 Å². The Morgan fingerprint density at radius 1 is 1.42 bits per heavy atom. The highest BCUT2D eigenvalue weighted by atomic mass is 16.5.